The van der Waals surface area contributed by atoms with Crippen molar-refractivity contribution in [1.29, 1.82) is 0 Å². The molecule has 3 saturated heterocycles. The summed E-state index contributed by atoms with van der Waals surface area (Å²) in [6, 6.07) is -0.121. The predicted octanol–water partition coefficient (Wildman–Crippen LogP) is -0.244. The van der Waals surface area contributed by atoms with Crippen LogP contribution in [-0.2, 0) is 9.59 Å². The Hall–Kier alpha value is -0.835. The fourth-order valence-electron chi connectivity index (χ4n) is 3.94. The van der Waals surface area contributed by atoms with Crippen LogP contribution in [0, 0.1) is 11.8 Å². The summed E-state index contributed by atoms with van der Waals surface area (Å²) in [6.45, 7) is 2.23. The quantitative estimate of drug-likeness (QED) is 0.515. The van der Waals surface area contributed by atoms with E-state index in [9.17, 15) is 9.59 Å². The minimum Gasteiger partial charge on any atom is -0.326 e. The van der Waals surface area contributed by atoms with E-state index in [1.165, 1.54) is 4.90 Å². The maximum atomic E-state index is 12.2. The van der Waals surface area contributed by atoms with Crippen molar-refractivity contribution in [1.82, 2.24) is 4.90 Å². The van der Waals surface area contributed by atoms with Crippen LogP contribution in [0.25, 0.3) is 0 Å². The summed E-state index contributed by atoms with van der Waals surface area (Å²) in [6.07, 6.45) is 2.27. The topological polar surface area (TPSA) is 63.4 Å². The first-order valence-electron chi connectivity index (χ1n) is 6.20. The van der Waals surface area contributed by atoms with Crippen LogP contribution in [0.15, 0.2) is 0 Å². The van der Waals surface area contributed by atoms with E-state index in [0.717, 1.165) is 20.1 Å². The fourth-order valence-corrected chi connectivity index (χ4v) is 3.94. The van der Waals surface area contributed by atoms with Crippen molar-refractivity contribution in [3.8, 4) is 0 Å². The monoisotopic (exact) mass is 220 g/mol. The minimum absolute atomic E-state index is 0.00463. The van der Waals surface area contributed by atoms with Gasteiger partial charge in [0.2, 0.25) is 11.8 Å². The molecule has 3 heterocycles. The molecule has 3 aliphatic rings. The van der Waals surface area contributed by atoms with Crippen molar-refractivity contribution < 1.29 is 9.59 Å². The third kappa shape index (κ3) is 1.21. The van der Waals surface area contributed by atoms with Crippen molar-refractivity contribution in [3.63, 3.8) is 0 Å². The lowest BCUT2D eigenvalue weighted by molar-refractivity contribution is -0.140. The smallest absolute Gasteiger partial charge is 0.232 e. The first-order valence-corrected chi connectivity index (χ1v) is 6.20. The first-order chi connectivity index (χ1) is 7.59. The second-order valence-electron chi connectivity index (χ2n) is 5.65. The van der Waals surface area contributed by atoms with Crippen molar-refractivity contribution in [2.24, 2.45) is 17.6 Å². The Labute approximate surface area is 95.8 Å². The zero-order valence-electron chi connectivity index (χ0n) is 9.56. The van der Waals surface area contributed by atoms with Gasteiger partial charge in [0.25, 0.3) is 0 Å². The molecule has 2 N–H and O–H groups in total. The molecule has 3 fully saturated rings. The molecule has 0 spiro atoms. The standard InChI is InChI=1S/C11H17BN2O2/c1-5(13)4-14-10(15)8-6-2-3-7(12-6)9(8)11(14)16/h5-9,12H,2-4,13H2,1H3/t5-,6?,7?,8?,9?/m0/s1. The number of rotatable bonds is 2. The van der Waals surface area contributed by atoms with Gasteiger partial charge < -0.3 is 5.73 Å². The van der Waals surface area contributed by atoms with E-state index < -0.39 is 0 Å². The normalized spacial score (nSPS) is 42.5. The van der Waals surface area contributed by atoms with Crippen LogP contribution >= 0.6 is 0 Å². The van der Waals surface area contributed by atoms with Crippen LogP contribution in [0.4, 0.5) is 0 Å². The zero-order chi connectivity index (χ0) is 11.4. The lowest BCUT2D eigenvalue weighted by Gasteiger charge is -2.20. The number of likely N-dealkylation sites (tertiary alicyclic amines) is 1. The van der Waals surface area contributed by atoms with Gasteiger partial charge in [-0.2, -0.15) is 0 Å². The molecule has 0 aromatic heterocycles. The largest absolute Gasteiger partial charge is 0.326 e. The van der Waals surface area contributed by atoms with Crippen LogP contribution in [0.2, 0.25) is 11.6 Å². The molecule has 3 rings (SSSR count). The van der Waals surface area contributed by atoms with Crippen molar-refractivity contribution in [3.05, 3.63) is 0 Å². The number of nitrogens with two attached hydrogens (primary N) is 1. The second kappa shape index (κ2) is 3.33. The fraction of sp³-hybridized carbons (Fsp3) is 0.818. The molecule has 0 radical (unpaired) electrons. The molecule has 4 nitrogen and oxygen atoms in total. The van der Waals surface area contributed by atoms with E-state index in [2.05, 4.69) is 0 Å². The van der Waals surface area contributed by atoms with Gasteiger partial charge in [0, 0.05) is 24.4 Å². The van der Waals surface area contributed by atoms with Crippen molar-refractivity contribution in [2.45, 2.75) is 37.4 Å². The van der Waals surface area contributed by atoms with Crippen molar-refractivity contribution >= 4 is 19.1 Å². The number of amides is 2. The van der Waals surface area contributed by atoms with Crippen LogP contribution in [0.5, 0.6) is 0 Å². The summed E-state index contributed by atoms with van der Waals surface area (Å²) in [5.74, 6) is 1.07. The third-order valence-electron chi connectivity index (χ3n) is 4.49. The van der Waals surface area contributed by atoms with Gasteiger partial charge in [-0.1, -0.05) is 24.5 Å². The molecular weight excluding hydrogens is 203 g/mol. The average molecular weight is 220 g/mol. The highest BCUT2D eigenvalue weighted by Crippen LogP contribution is 2.58. The molecule has 4 unspecified atom stereocenters. The van der Waals surface area contributed by atoms with E-state index in [1.54, 1.807) is 0 Å². The van der Waals surface area contributed by atoms with E-state index in [4.69, 9.17) is 5.73 Å². The molecule has 5 atom stereocenters. The van der Waals surface area contributed by atoms with E-state index in [0.29, 0.717) is 18.2 Å². The Morgan fingerprint density at radius 3 is 2.25 bits per heavy atom. The van der Waals surface area contributed by atoms with Gasteiger partial charge >= 0.3 is 0 Å². The Morgan fingerprint density at radius 2 is 1.81 bits per heavy atom. The maximum absolute atomic E-state index is 12.2. The highest BCUT2D eigenvalue weighted by Gasteiger charge is 2.60. The first kappa shape index (κ1) is 10.3. The van der Waals surface area contributed by atoms with Crippen LogP contribution in [0.3, 0.4) is 0 Å². The third-order valence-corrected chi connectivity index (χ3v) is 4.49. The van der Waals surface area contributed by atoms with E-state index in [1.807, 2.05) is 6.92 Å². The van der Waals surface area contributed by atoms with Gasteiger partial charge in [0.05, 0.1) is 0 Å². The van der Waals surface area contributed by atoms with Gasteiger partial charge in [-0.05, 0) is 6.92 Å². The Morgan fingerprint density at radius 1 is 1.31 bits per heavy atom. The summed E-state index contributed by atoms with van der Waals surface area (Å²) in [4.78, 5) is 25.8. The van der Waals surface area contributed by atoms with Gasteiger partial charge in [-0.3, -0.25) is 14.5 Å². The number of carbonyl (C=O) groups excluding carboxylic acids is 2. The lowest BCUT2D eigenvalue weighted by atomic mass is 9.64. The van der Waals surface area contributed by atoms with Crippen LogP contribution in [-0.4, -0.2) is 36.6 Å². The molecule has 16 heavy (non-hydrogen) atoms. The molecular formula is C11H17BN2O2. The van der Waals surface area contributed by atoms with E-state index >= 15 is 0 Å². The molecule has 2 amide bonds. The van der Waals surface area contributed by atoms with Crippen molar-refractivity contribution in [2.75, 3.05) is 6.54 Å². The number of carbonyl (C=O) groups is 2. The Kier molecular flexibility index (Phi) is 2.15. The van der Waals surface area contributed by atoms with Gasteiger partial charge in [0.15, 0.2) is 0 Å². The highest BCUT2D eigenvalue weighted by molar-refractivity contribution is 6.45. The molecule has 0 saturated carbocycles. The maximum Gasteiger partial charge on any atom is 0.232 e. The van der Waals surface area contributed by atoms with Crippen LogP contribution < -0.4 is 5.73 Å². The number of imide groups is 1. The van der Waals surface area contributed by atoms with Gasteiger partial charge in [0.1, 0.15) is 7.28 Å². The summed E-state index contributed by atoms with van der Waals surface area (Å²) < 4.78 is 0. The average Bonchev–Trinajstić information content (AvgIpc) is 2.87. The number of hydrogen-bond donors (Lipinski definition) is 1. The molecule has 2 bridgehead atoms. The summed E-state index contributed by atoms with van der Waals surface area (Å²) in [5.41, 5.74) is 5.69. The summed E-state index contributed by atoms with van der Waals surface area (Å²) in [5, 5.41) is 0. The highest BCUT2D eigenvalue weighted by atomic mass is 16.2. The number of nitrogens with zero attached hydrogens (tertiary/aromatic N) is 1. The minimum atomic E-state index is -0.121. The SMILES string of the molecule is C[C@H](N)CN1C(=O)C2C3BC(CC3)C2C1=O. The number of hydrogen-bond acceptors (Lipinski definition) is 3. The lowest BCUT2D eigenvalue weighted by Crippen LogP contribution is -2.40. The number of fused-ring (bicyclic) bond motifs is 5. The predicted molar refractivity (Wildman–Crippen MR) is 61.2 cm³/mol. The van der Waals surface area contributed by atoms with Crippen LogP contribution in [0.1, 0.15) is 19.8 Å². The summed E-state index contributed by atoms with van der Waals surface area (Å²) in [7, 11) is 1.10. The molecule has 0 aromatic carbocycles. The molecule has 5 heteroatoms. The molecule has 86 valence electrons. The van der Waals surface area contributed by atoms with E-state index in [-0.39, 0.29) is 29.7 Å². The molecule has 3 aliphatic heterocycles. The van der Waals surface area contributed by atoms with Gasteiger partial charge in [-0.15, -0.1) is 0 Å². The molecule has 0 aromatic rings. The second-order valence-corrected chi connectivity index (χ2v) is 5.65. The van der Waals surface area contributed by atoms with Gasteiger partial charge in [-0.25, -0.2) is 0 Å². The zero-order valence-corrected chi connectivity index (χ0v) is 9.56. The Balaban J connectivity index is 1.86. The Bertz CT molecular complexity index is 330. The summed E-state index contributed by atoms with van der Waals surface area (Å²) >= 11 is 0. The molecule has 0 aliphatic carbocycles.